The second kappa shape index (κ2) is 8.52. The number of hydrogen-bond acceptors (Lipinski definition) is 4. The minimum Gasteiger partial charge on any atom is -0.481 e. The van der Waals surface area contributed by atoms with Gasteiger partial charge in [0.05, 0.1) is 24.0 Å². The van der Waals surface area contributed by atoms with E-state index in [0.29, 0.717) is 35.9 Å². The minimum atomic E-state index is -0.972. The van der Waals surface area contributed by atoms with E-state index in [9.17, 15) is 14.7 Å². The van der Waals surface area contributed by atoms with Crippen LogP contribution in [0.1, 0.15) is 23.7 Å². The second-order valence-corrected chi connectivity index (χ2v) is 10.1. The van der Waals surface area contributed by atoms with Crippen molar-refractivity contribution in [2.24, 2.45) is 11.8 Å². The predicted molar refractivity (Wildman–Crippen MR) is 137 cm³/mol. The fraction of sp³-hybridized carbons (Fsp3) is 0.276. The van der Waals surface area contributed by atoms with Crippen molar-refractivity contribution >= 4 is 28.6 Å². The van der Waals surface area contributed by atoms with Crippen molar-refractivity contribution in [2.45, 2.75) is 13.3 Å². The van der Waals surface area contributed by atoms with Crippen LogP contribution in [0.5, 0.6) is 0 Å². The van der Waals surface area contributed by atoms with Gasteiger partial charge in [0.2, 0.25) is 5.36 Å². The maximum Gasteiger partial charge on any atom is 0.336 e. The van der Waals surface area contributed by atoms with E-state index in [1.54, 1.807) is 12.1 Å². The molecule has 2 N–H and O–H groups in total. The Hall–Kier alpha value is -4.13. The molecule has 3 aliphatic heterocycles. The Labute approximate surface area is 207 Å². The standard InChI is InChI=1S/C29H26N2O5/c1-17-13-30(14-17)19-6-8-23-25(11-19)36-26-12-20(31-15-18(16-31)10-27(32)33)7-9-24(26)28(23)21-4-2-3-5-22(21)29(34)35/h2-9,11-12,17-18H,10,13-16H2,1H3,(H-,32,33,34,35)/p+1. The van der Waals surface area contributed by atoms with Crippen LogP contribution in [0.4, 0.5) is 5.69 Å². The van der Waals surface area contributed by atoms with Gasteiger partial charge in [-0.3, -0.25) is 4.79 Å². The Morgan fingerprint density at radius 1 is 1.00 bits per heavy atom. The smallest absolute Gasteiger partial charge is 0.336 e. The van der Waals surface area contributed by atoms with Gasteiger partial charge in [0.1, 0.15) is 11.3 Å². The van der Waals surface area contributed by atoms with E-state index in [1.165, 1.54) is 0 Å². The highest BCUT2D eigenvalue weighted by molar-refractivity contribution is 6.07. The topological polar surface area (TPSA) is 94.0 Å². The molecule has 2 aromatic rings. The molecule has 0 unspecified atom stereocenters. The first-order valence-corrected chi connectivity index (χ1v) is 12.3. The molecule has 2 aromatic carbocycles. The van der Waals surface area contributed by atoms with Gasteiger partial charge in [0.15, 0.2) is 13.1 Å². The third-order valence-electron chi connectivity index (χ3n) is 7.33. The summed E-state index contributed by atoms with van der Waals surface area (Å²) in [6.07, 6.45) is 0.174. The van der Waals surface area contributed by atoms with Gasteiger partial charge in [-0.15, -0.1) is 0 Å². The lowest BCUT2D eigenvalue weighted by molar-refractivity contribution is -0.138. The summed E-state index contributed by atoms with van der Waals surface area (Å²) in [4.78, 5) is 25.3. The summed E-state index contributed by atoms with van der Waals surface area (Å²) in [6.45, 7) is 5.62. The number of carboxylic acids is 2. The number of rotatable bonds is 5. The van der Waals surface area contributed by atoms with Crippen molar-refractivity contribution in [3.05, 3.63) is 71.6 Å². The number of benzene rings is 3. The molecule has 0 atom stereocenters. The average molecular weight is 484 g/mol. The van der Waals surface area contributed by atoms with E-state index in [0.717, 1.165) is 40.6 Å². The summed E-state index contributed by atoms with van der Waals surface area (Å²) in [7, 11) is 0. The van der Waals surface area contributed by atoms with Crippen LogP contribution in [-0.4, -0.2) is 48.3 Å². The largest absolute Gasteiger partial charge is 0.481 e. The third kappa shape index (κ3) is 3.81. The quantitative estimate of drug-likeness (QED) is 0.326. The Morgan fingerprint density at radius 3 is 2.50 bits per heavy atom. The maximum atomic E-state index is 12.1. The zero-order valence-electron chi connectivity index (χ0n) is 20.0. The summed E-state index contributed by atoms with van der Waals surface area (Å²) in [5, 5.41) is 20.9. The molecule has 3 heterocycles. The molecule has 4 aliphatic rings. The van der Waals surface area contributed by atoms with Gasteiger partial charge in [-0.2, -0.15) is 0 Å². The molecule has 0 radical (unpaired) electrons. The molecule has 1 aliphatic carbocycles. The van der Waals surface area contributed by atoms with Crippen molar-refractivity contribution in [2.75, 3.05) is 31.1 Å². The summed E-state index contributed by atoms with van der Waals surface area (Å²) in [5.41, 5.74) is 4.25. The molecular weight excluding hydrogens is 456 g/mol. The van der Waals surface area contributed by atoms with Gasteiger partial charge in [-0.25, -0.2) is 9.37 Å². The molecular formula is C29H27N2O5+. The van der Waals surface area contributed by atoms with E-state index in [2.05, 4.69) is 22.5 Å². The van der Waals surface area contributed by atoms with Crippen molar-refractivity contribution in [1.29, 1.82) is 0 Å². The first-order valence-electron chi connectivity index (χ1n) is 12.3. The lowest BCUT2D eigenvalue weighted by Crippen LogP contribution is -2.47. The number of hydrogen-bond donors (Lipinski definition) is 2. The Morgan fingerprint density at radius 2 is 1.78 bits per heavy atom. The highest BCUT2D eigenvalue weighted by Crippen LogP contribution is 2.42. The minimum absolute atomic E-state index is 0.145. The van der Waals surface area contributed by atoms with Gasteiger partial charge < -0.3 is 19.5 Å². The van der Waals surface area contributed by atoms with Crippen molar-refractivity contribution < 1.29 is 24.2 Å². The highest BCUT2D eigenvalue weighted by Gasteiger charge is 2.30. The molecule has 6 rings (SSSR count). The highest BCUT2D eigenvalue weighted by atomic mass is 16.4. The van der Waals surface area contributed by atoms with Crippen LogP contribution in [0, 0.1) is 11.8 Å². The summed E-state index contributed by atoms with van der Waals surface area (Å²) < 4.78 is 8.76. The molecule has 0 amide bonds. The van der Waals surface area contributed by atoms with Gasteiger partial charge in [-0.1, -0.05) is 25.1 Å². The van der Waals surface area contributed by atoms with Crippen LogP contribution in [0.25, 0.3) is 33.4 Å². The lowest BCUT2D eigenvalue weighted by Gasteiger charge is -2.40. The Balaban J connectivity index is 1.54. The predicted octanol–water partition coefficient (Wildman–Crippen LogP) is 4.24. The molecule has 7 heteroatoms. The maximum absolute atomic E-state index is 12.1. The number of aliphatic carboxylic acids is 1. The second-order valence-electron chi connectivity index (χ2n) is 10.1. The fourth-order valence-electron chi connectivity index (χ4n) is 5.51. The molecule has 0 bridgehead atoms. The molecule has 2 fully saturated rings. The SMILES string of the molecule is CC1C[N+](=c2ccc3c(-c4ccccc4C(=O)O)c4ccc(N5CC(CC(=O)O)C5)cc4oc-3c2)C1. The van der Waals surface area contributed by atoms with E-state index >= 15 is 0 Å². The normalized spacial score (nSPS) is 17.8. The van der Waals surface area contributed by atoms with Crippen LogP contribution in [0.3, 0.4) is 0 Å². The van der Waals surface area contributed by atoms with E-state index in [4.69, 9.17) is 9.52 Å². The number of fused-ring (bicyclic) bond motifs is 2. The van der Waals surface area contributed by atoms with Crippen LogP contribution in [-0.2, 0) is 4.79 Å². The van der Waals surface area contributed by atoms with Gasteiger partial charge in [0, 0.05) is 53.3 Å². The summed E-state index contributed by atoms with van der Waals surface area (Å²) in [5.74, 6) is -0.226. The zero-order valence-corrected chi connectivity index (χ0v) is 20.0. The third-order valence-corrected chi connectivity index (χ3v) is 7.33. The van der Waals surface area contributed by atoms with Crippen molar-refractivity contribution in [3.63, 3.8) is 0 Å². The van der Waals surface area contributed by atoms with E-state index < -0.39 is 11.9 Å². The number of carbonyl (C=O) groups is 2. The molecule has 36 heavy (non-hydrogen) atoms. The molecule has 0 spiro atoms. The zero-order chi connectivity index (χ0) is 25.0. The average Bonchev–Trinajstić information content (AvgIpc) is 2.81. The van der Waals surface area contributed by atoms with Gasteiger partial charge >= 0.3 is 11.9 Å². The summed E-state index contributed by atoms with van der Waals surface area (Å²) >= 11 is 0. The summed E-state index contributed by atoms with van der Waals surface area (Å²) in [6, 6.07) is 19.2. The van der Waals surface area contributed by atoms with Crippen LogP contribution in [0.2, 0.25) is 0 Å². The number of anilines is 1. The van der Waals surface area contributed by atoms with Gasteiger partial charge in [0.25, 0.3) is 0 Å². The fourth-order valence-corrected chi connectivity index (χ4v) is 5.51. The Kier molecular flexibility index (Phi) is 5.29. The Bertz CT molecular complexity index is 1560. The number of nitrogens with zero attached hydrogens (tertiary/aromatic N) is 2. The molecule has 0 aromatic heterocycles. The molecule has 2 saturated heterocycles. The number of aromatic carboxylic acids is 1. The van der Waals surface area contributed by atoms with Crippen LogP contribution >= 0.6 is 0 Å². The molecule has 182 valence electrons. The van der Waals surface area contributed by atoms with Gasteiger partial charge in [-0.05, 0) is 29.8 Å². The van der Waals surface area contributed by atoms with Crippen molar-refractivity contribution in [1.82, 2.24) is 4.58 Å². The molecule has 7 nitrogen and oxygen atoms in total. The van der Waals surface area contributed by atoms with Crippen molar-refractivity contribution in [3.8, 4) is 22.5 Å². The monoisotopic (exact) mass is 483 g/mol. The number of carboxylic acid groups (broad SMARTS) is 2. The van der Waals surface area contributed by atoms with Crippen LogP contribution < -0.4 is 14.8 Å². The van der Waals surface area contributed by atoms with Crippen LogP contribution in [0.15, 0.2) is 65.1 Å². The molecule has 0 saturated carbocycles. The lowest BCUT2D eigenvalue weighted by atomic mass is 9.90. The van der Waals surface area contributed by atoms with E-state index in [-0.39, 0.29) is 17.9 Å². The first-order chi connectivity index (χ1) is 17.4. The van der Waals surface area contributed by atoms with E-state index in [1.807, 2.05) is 42.5 Å². The first kappa shape index (κ1) is 22.3.